The fraction of sp³-hybridized carbons (Fsp3) is 0.538. The third kappa shape index (κ3) is 3.66. The SMILES string of the molecule is CC1=CC(C)=NC(=CC(=O)NC(CO)(CO)CO)N1C. The Hall–Kier alpha value is -1.70. The lowest BCUT2D eigenvalue weighted by Gasteiger charge is -2.29. The molecule has 0 aromatic carbocycles. The molecule has 0 saturated heterocycles. The molecule has 0 aliphatic carbocycles. The second kappa shape index (κ2) is 6.65. The van der Waals surface area contributed by atoms with E-state index in [1.54, 1.807) is 11.9 Å². The number of nitrogens with zero attached hydrogens (tertiary/aromatic N) is 2. The van der Waals surface area contributed by atoms with Crippen LogP contribution in [0.2, 0.25) is 0 Å². The Balaban J connectivity index is 2.89. The first-order chi connectivity index (χ1) is 9.37. The van der Waals surface area contributed by atoms with Crippen LogP contribution in [0.15, 0.2) is 28.7 Å². The van der Waals surface area contributed by atoms with Crippen molar-refractivity contribution in [2.75, 3.05) is 26.9 Å². The van der Waals surface area contributed by atoms with Crippen molar-refractivity contribution in [3.8, 4) is 0 Å². The third-order valence-corrected chi connectivity index (χ3v) is 3.14. The quantitative estimate of drug-likeness (QED) is 0.483. The molecule has 0 fully saturated rings. The van der Waals surface area contributed by atoms with Gasteiger partial charge in [-0.15, -0.1) is 0 Å². The Morgan fingerprint density at radius 1 is 1.35 bits per heavy atom. The summed E-state index contributed by atoms with van der Waals surface area (Å²) in [5.74, 6) is -0.0991. The highest BCUT2D eigenvalue weighted by molar-refractivity contribution is 5.96. The molecule has 1 aliphatic heterocycles. The maximum atomic E-state index is 11.9. The number of carbonyl (C=O) groups is 1. The topological polar surface area (TPSA) is 105 Å². The number of aliphatic hydroxyl groups excluding tert-OH is 3. The van der Waals surface area contributed by atoms with Crippen LogP contribution in [0.3, 0.4) is 0 Å². The molecule has 7 heteroatoms. The van der Waals surface area contributed by atoms with Crippen molar-refractivity contribution < 1.29 is 20.1 Å². The van der Waals surface area contributed by atoms with Gasteiger partial charge in [0.2, 0.25) is 5.91 Å². The Kier molecular flexibility index (Phi) is 5.43. The lowest BCUT2D eigenvalue weighted by Crippen LogP contribution is -2.56. The summed E-state index contributed by atoms with van der Waals surface area (Å²) in [4.78, 5) is 17.9. The highest BCUT2D eigenvalue weighted by Gasteiger charge is 2.29. The van der Waals surface area contributed by atoms with E-state index in [1.807, 2.05) is 19.9 Å². The number of hydrogen-bond acceptors (Lipinski definition) is 6. The zero-order chi connectivity index (χ0) is 15.3. The predicted molar refractivity (Wildman–Crippen MR) is 74.8 cm³/mol. The van der Waals surface area contributed by atoms with E-state index < -0.39 is 31.3 Å². The Morgan fingerprint density at radius 3 is 2.40 bits per heavy atom. The van der Waals surface area contributed by atoms with Crippen LogP contribution in [-0.2, 0) is 4.79 Å². The Bertz CT molecular complexity index is 456. The van der Waals surface area contributed by atoms with Crippen LogP contribution < -0.4 is 5.32 Å². The van der Waals surface area contributed by atoms with E-state index in [9.17, 15) is 4.79 Å². The van der Waals surface area contributed by atoms with Crippen molar-refractivity contribution >= 4 is 11.6 Å². The molecule has 0 unspecified atom stereocenters. The minimum absolute atomic E-state index is 0.447. The molecule has 20 heavy (non-hydrogen) atoms. The zero-order valence-electron chi connectivity index (χ0n) is 11.9. The van der Waals surface area contributed by atoms with Crippen molar-refractivity contribution in [1.29, 1.82) is 0 Å². The maximum Gasteiger partial charge on any atom is 0.248 e. The van der Waals surface area contributed by atoms with E-state index in [0.29, 0.717) is 5.82 Å². The largest absolute Gasteiger partial charge is 0.394 e. The number of rotatable bonds is 5. The van der Waals surface area contributed by atoms with Crippen LogP contribution in [0, 0.1) is 0 Å². The Labute approximate surface area is 117 Å². The summed E-state index contributed by atoms with van der Waals surface area (Å²) in [5, 5.41) is 29.9. The summed E-state index contributed by atoms with van der Waals surface area (Å²) in [6.07, 6.45) is 3.14. The number of amides is 1. The lowest BCUT2D eigenvalue weighted by molar-refractivity contribution is -0.120. The van der Waals surface area contributed by atoms with Crippen LogP contribution >= 0.6 is 0 Å². The molecule has 112 valence electrons. The number of hydrogen-bond donors (Lipinski definition) is 4. The van der Waals surface area contributed by atoms with Gasteiger partial charge in [-0.25, -0.2) is 4.99 Å². The van der Waals surface area contributed by atoms with E-state index >= 15 is 0 Å². The molecular formula is C13H21N3O4. The fourth-order valence-corrected chi connectivity index (χ4v) is 1.68. The van der Waals surface area contributed by atoms with Crippen LogP contribution in [0.25, 0.3) is 0 Å². The highest BCUT2D eigenvalue weighted by atomic mass is 16.3. The molecule has 1 heterocycles. The van der Waals surface area contributed by atoms with E-state index in [1.165, 1.54) is 6.08 Å². The molecule has 0 aromatic heterocycles. The van der Waals surface area contributed by atoms with Crippen LogP contribution in [0.5, 0.6) is 0 Å². The van der Waals surface area contributed by atoms with E-state index in [-0.39, 0.29) is 0 Å². The average Bonchev–Trinajstić information content (AvgIpc) is 2.42. The maximum absolute atomic E-state index is 11.9. The number of carbonyl (C=O) groups excluding carboxylic acids is 1. The first kappa shape index (κ1) is 16.4. The van der Waals surface area contributed by atoms with Crippen molar-refractivity contribution in [2.24, 2.45) is 4.99 Å². The molecule has 1 amide bonds. The van der Waals surface area contributed by atoms with Gasteiger partial charge in [-0.2, -0.15) is 0 Å². The second-order valence-electron chi connectivity index (χ2n) is 4.84. The normalized spacial score (nSPS) is 17.9. The second-order valence-corrected chi connectivity index (χ2v) is 4.84. The van der Waals surface area contributed by atoms with Gasteiger partial charge in [-0.05, 0) is 19.9 Å². The van der Waals surface area contributed by atoms with Gasteiger partial charge in [-0.3, -0.25) is 4.79 Å². The highest BCUT2D eigenvalue weighted by Crippen LogP contribution is 2.17. The van der Waals surface area contributed by atoms with Gasteiger partial charge < -0.3 is 25.5 Å². The van der Waals surface area contributed by atoms with Crippen molar-refractivity contribution in [3.63, 3.8) is 0 Å². The molecule has 4 N–H and O–H groups in total. The minimum atomic E-state index is -1.44. The van der Waals surface area contributed by atoms with Gasteiger partial charge in [0.25, 0.3) is 0 Å². The number of aliphatic imine (C=N–C) groups is 1. The fourth-order valence-electron chi connectivity index (χ4n) is 1.68. The van der Waals surface area contributed by atoms with Gasteiger partial charge in [0, 0.05) is 24.5 Å². The van der Waals surface area contributed by atoms with E-state index in [2.05, 4.69) is 10.3 Å². The van der Waals surface area contributed by atoms with Gasteiger partial charge >= 0.3 is 0 Å². The molecule has 0 bridgehead atoms. The molecule has 0 aromatic rings. The standard InChI is InChI=1S/C13H21N3O4/c1-9-4-10(2)16(3)11(14-9)5-12(20)15-13(6-17,7-18)8-19/h4-5,17-19H,6-8H2,1-3H3,(H,15,20). The van der Waals surface area contributed by atoms with Gasteiger partial charge in [0.1, 0.15) is 11.4 Å². The molecule has 0 radical (unpaired) electrons. The van der Waals surface area contributed by atoms with E-state index in [0.717, 1.165) is 11.4 Å². The molecule has 0 spiro atoms. The van der Waals surface area contributed by atoms with Gasteiger partial charge in [0.05, 0.1) is 19.8 Å². The van der Waals surface area contributed by atoms with Crippen LogP contribution in [0.1, 0.15) is 13.8 Å². The summed E-state index contributed by atoms with van der Waals surface area (Å²) in [6.45, 7) is 2.02. The van der Waals surface area contributed by atoms with Gasteiger partial charge in [-0.1, -0.05) is 0 Å². The molecule has 7 nitrogen and oxygen atoms in total. The lowest BCUT2D eigenvalue weighted by atomic mass is 10.0. The molecule has 1 rings (SSSR count). The minimum Gasteiger partial charge on any atom is -0.394 e. The number of nitrogens with one attached hydrogen (secondary N) is 1. The summed E-state index contributed by atoms with van der Waals surface area (Å²) in [7, 11) is 1.78. The first-order valence-electron chi connectivity index (χ1n) is 6.21. The molecule has 0 saturated carbocycles. The van der Waals surface area contributed by atoms with Crippen molar-refractivity contribution in [3.05, 3.63) is 23.7 Å². The molecule has 0 atom stereocenters. The number of allylic oxidation sites excluding steroid dienone is 2. The van der Waals surface area contributed by atoms with Crippen LogP contribution in [-0.4, -0.2) is 64.2 Å². The smallest absolute Gasteiger partial charge is 0.248 e. The predicted octanol–water partition coefficient (Wildman–Crippen LogP) is -1.03. The van der Waals surface area contributed by atoms with E-state index in [4.69, 9.17) is 15.3 Å². The van der Waals surface area contributed by atoms with Gasteiger partial charge in [0.15, 0.2) is 0 Å². The summed E-state index contributed by atoms with van der Waals surface area (Å²) in [6, 6.07) is 0. The van der Waals surface area contributed by atoms with Crippen LogP contribution in [0.4, 0.5) is 0 Å². The average molecular weight is 283 g/mol. The van der Waals surface area contributed by atoms with Crippen molar-refractivity contribution in [1.82, 2.24) is 10.2 Å². The summed E-state index contributed by atoms with van der Waals surface area (Å²) < 4.78 is 0. The first-order valence-corrected chi connectivity index (χ1v) is 6.21. The third-order valence-electron chi connectivity index (χ3n) is 3.14. The summed E-state index contributed by atoms with van der Waals surface area (Å²) >= 11 is 0. The molecule has 1 aliphatic rings. The zero-order valence-corrected chi connectivity index (χ0v) is 11.9. The monoisotopic (exact) mass is 283 g/mol. The molecular weight excluding hydrogens is 262 g/mol. The summed E-state index contributed by atoms with van der Waals surface area (Å²) in [5.41, 5.74) is 0.275. The number of aliphatic hydroxyl groups is 3. The van der Waals surface area contributed by atoms with Crippen molar-refractivity contribution in [2.45, 2.75) is 19.4 Å². The Morgan fingerprint density at radius 2 is 1.90 bits per heavy atom.